The number of rotatable bonds is 12. The lowest BCUT2D eigenvalue weighted by Crippen LogP contribution is -2.27. The number of allylic oxidation sites excluding steroid dienone is 5. The fourth-order valence-corrected chi connectivity index (χ4v) is 4.80. The van der Waals surface area contributed by atoms with Crippen LogP contribution in [-0.2, 0) is 6.42 Å². The Balaban J connectivity index is 0.000000679. The van der Waals surface area contributed by atoms with Gasteiger partial charge in [0.15, 0.2) is 0 Å². The molecule has 2 aromatic carbocycles. The van der Waals surface area contributed by atoms with Gasteiger partial charge < -0.3 is 5.32 Å². The van der Waals surface area contributed by atoms with Crippen LogP contribution in [0.4, 0.5) is 5.69 Å². The first-order valence-electron chi connectivity index (χ1n) is 17.1. The highest BCUT2D eigenvalue weighted by Gasteiger charge is 2.33. The maximum Gasteiger partial charge on any atom is 0.0422 e. The molecule has 2 aromatic rings. The molecular weight excluding hydrogens is 518 g/mol. The molecule has 1 nitrogen and oxygen atoms in total. The second kappa shape index (κ2) is 23.6. The lowest BCUT2D eigenvalue weighted by Gasteiger charge is -2.41. The van der Waals surface area contributed by atoms with Crippen molar-refractivity contribution in [2.45, 2.75) is 140 Å². The topological polar surface area (TPSA) is 12.0 Å². The van der Waals surface area contributed by atoms with E-state index in [0.717, 1.165) is 34.4 Å². The van der Waals surface area contributed by atoms with Crippen molar-refractivity contribution in [2.75, 3.05) is 5.32 Å². The Morgan fingerprint density at radius 1 is 0.860 bits per heavy atom. The van der Waals surface area contributed by atoms with Crippen molar-refractivity contribution >= 4 is 11.3 Å². The Morgan fingerprint density at radius 3 is 1.84 bits per heavy atom. The molecule has 1 aliphatic rings. The van der Waals surface area contributed by atoms with Gasteiger partial charge in [0.1, 0.15) is 0 Å². The highest BCUT2D eigenvalue weighted by atomic mass is 14.9. The number of unbranched alkanes of at least 4 members (excludes halogenated alkanes) is 2. The molecule has 0 radical (unpaired) electrons. The average Bonchev–Trinajstić information content (AvgIpc) is 2.99. The Hall–Kier alpha value is -2.80. The fraction of sp³-hybridized carbons (Fsp3) is 0.524. The summed E-state index contributed by atoms with van der Waals surface area (Å²) in [5.74, 6) is 0. The van der Waals surface area contributed by atoms with E-state index in [0.29, 0.717) is 0 Å². The van der Waals surface area contributed by atoms with Crippen LogP contribution in [0.15, 0.2) is 85.1 Å². The zero-order chi connectivity index (χ0) is 32.7. The lowest BCUT2D eigenvalue weighted by atomic mass is 9.65. The molecule has 43 heavy (non-hydrogen) atoms. The molecule has 1 N–H and O–H groups in total. The second-order valence-electron chi connectivity index (χ2n) is 12.3. The van der Waals surface area contributed by atoms with Crippen molar-refractivity contribution in [1.82, 2.24) is 0 Å². The van der Waals surface area contributed by atoms with E-state index in [9.17, 15) is 0 Å². The van der Waals surface area contributed by atoms with Crippen LogP contribution in [-0.4, -0.2) is 0 Å². The summed E-state index contributed by atoms with van der Waals surface area (Å²) in [5.41, 5.74) is 10.4. The van der Waals surface area contributed by atoms with Crippen LogP contribution >= 0.6 is 0 Å². The first-order valence-corrected chi connectivity index (χ1v) is 17.1. The van der Waals surface area contributed by atoms with E-state index in [-0.39, 0.29) is 0 Å². The summed E-state index contributed by atoms with van der Waals surface area (Å²) in [6, 6.07) is 14.9. The van der Waals surface area contributed by atoms with Gasteiger partial charge in [0.2, 0.25) is 0 Å². The van der Waals surface area contributed by atoms with Gasteiger partial charge in [-0.1, -0.05) is 147 Å². The van der Waals surface area contributed by atoms with Gasteiger partial charge in [-0.2, -0.15) is 0 Å². The van der Waals surface area contributed by atoms with Crippen molar-refractivity contribution < 1.29 is 0 Å². The quantitative estimate of drug-likeness (QED) is 0.244. The number of nitrogens with one attached hydrogen (secondary N) is 1. The van der Waals surface area contributed by atoms with Gasteiger partial charge in [0, 0.05) is 11.4 Å². The van der Waals surface area contributed by atoms with Gasteiger partial charge in [-0.05, 0) is 106 Å². The minimum Gasteiger partial charge on any atom is -0.356 e. The maximum atomic E-state index is 4.16. The molecule has 0 amide bonds. The Labute approximate surface area is 268 Å². The number of aryl methyl sites for hydroxylation is 3. The van der Waals surface area contributed by atoms with Crippen LogP contribution in [0.2, 0.25) is 0 Å². The van der Waals surface area contributed by atoms with Gasteiger partial charge in [-0.3, -0.25) is 0 Å². The van der Waals surface area contributed by atoms with E-state index in [2.05, 4.69) is 122 Å². The van der Waals surface area contributed by atoms with Gasteiger partial charge in [0.05, 0.1) is 0 Å². The van der Waals surface area contributed by atoms with Crippen LogP contribution in [0.1, 0.15) is 142 Å². The highest BCUT2D eigenvalue weighted by Crippen LogP contribution is 2.47. The fourth-order valence-electron chi connectivity index (χ4n) is 4.80. The van der Waals surface area contributed by atoms with E-state index in [1.54, 1.807) is 0 Å². The lowest BCUT2D eigenvalue weighted by molar-refractivity contribution is 0.112. The molecule has 1 fully saturated rings. The normalized spacial score (nSPS) is 13.3. The van der Waals surface area contributed by atoms with Gasteiger partial charge in [-0.25, -0.2) is 0 Å². The zero-order valence-electron chi connectivity index (χ0n) is 30.0. The largest absolute Gasteiger partial charge is 0.356 e. The van der Waals surface area contributed by atoms with Gasteiger partial charge in [-0.15, -0.1) is 0 Å². The standard InChI is InChI=1S/C21H29N.C9H18.C8H10.C4H10/c1-7-9-11-17(5)18(6)22-21-15-20(16(3)4)14-13-19(21)12-10-8-2;1-3-6-9(4-2)7-5-8-9;1-7-5-3-4-6-8(7)2;1-3-4-2/h7,9,11,13-15,22H,3,6,8,10,12H2,1-2,4-5H3;3-8H2,1-2H3;3-6H,1-2H3;3-4H2,1-2H3/b9-7-,17-11+;;;. The first kappa shape index (κ1) is 40.2. The molecule has 0 atom stereocenters. The van der Waals surface area contributed by atoms with Crippen LogP contribution in [0, 0.1) is 19.3 Å². The summed E-state index contributed by atoms with van der Waals surface area (Å²) in [5, 5.41) is 3.49. The summed E-state index contributed by atoms with van der Waals surface area (Å²) >= 11 is 0. The van der Waals surface area contributed by atoms with E-state index in [1.807, 2.05) is 26.0 Å². The van der Waals surface area contributed by atoms with Crippen molar-refractivity contribution in [1.29, 1.82) is 0 Å². The number of hydrogen-bond acceptors (Lipinski definition) is 1. The monoisotopic (exact) mass is 586 g/mol. The minimum atomic E-state index is 0.814. The van der Waals surface area contributed by atoms with Crippen LogP contribution in [0.25, 0.3) is 5.57 Å². The van der Waals surface area contributed by atoms with Crippen LogP contribution in [0.5, 0.6) is 0 Å². The zero-order valence-corrected chi connectivity index (χ0v) is 30.0. The Morgan fingerprint density at radius 2 is 1.47 bits per heavy atom. The first-order chi connectivity index (χ1) is 20.5. The number of anilines is 1. The number of hydrogen-bond donors (Lipinski definition) is 1. The van der Waals surface area contributed by atoms with Crippen molar-refractivity contribution in [3.63, 3.8) is 0 Å². The molecule has 0 bridgehead atoms. The average molecular weight is 586 g/mol. The Kier molecular flexibility index (Phi) is 22.1. The summed E-state index contributed by atoms with van der Waals surface area (Å²) in [6.07, 6.45) is 21.0. The predicted octanol–water partition coefficient (Wildman–Crippen LogP) is 14.0. The van der Waals surface area contributed by atoms with Gasteiger partial charge in [0.25, 0.3) is 0 Å². The molecule has 1 aliphatic carbocycles. The molecular formula is C42H67N. The predicted molar refractivity (Wildman–Crippen MR) is 199 cm³/mol. The Bertz CT molecular complexity index is 1080. The number of benzene rings is 2. The second-order valence-corrected chi connectivity index (χ2v) is 12.3. The van der Waals surface area contributed by atoms with Crippen molar-refractivity contribution in [3.05, 3.63) is 107 Å². The third-order valence-corrected chi connectivity index (χ3v) is 8.57. The van der Waals surface area contributed by atoms with Crippen LogP contribution < -0.4 is 5.32 Å². The molecule has 0 unspecified atom stereocenters. The summed E-state index contributed by atoms with van der Waals surface area (Å²) in [4.78, 5) is 0. The molecule has 0 aromatic heterocycles. The third kappa shape index (κ3) is 16.6. The molecule has 0 aliphatic heterocycles. The summed E-state index contributed by atoms with van der Waals surface area (Å²) in [7, 11) is 0. The minimum absolute atomic E-state index is 0.814. The van der Waals surface area contributed by atoms with E-state index >= 15 is 0 Å². The SMILES string of the molecule is C=C(Nc1cc(C(=C)C)ccc1CCCC)/C(C)=C/C=C\C.CCCC.CCCC1(CC)CCC1.Cc1ccccc1C. The third-order valence-electron chi connectivity index (χ3n) is 8.57. The van der Waals surface area contributed by atoms with Gasteiger partial charge >= 0.3 is 0 Å². The molecule has 0 heterocycles. The van der Waals surface area contributed by atoms with E-state index < -0.39 is 0 Å². The van der Waals surface area contributed by atoms with E-state index in [1.165, 1.54) is 86.5 Å². The maximum absolute atomic E-state index is 4.16. The van der Waals surface area contributed by atoms with Crippen molar-refractivity contribution in [2.24, 2.45) is 5.41 Å². The smallest absolute Gasteiger partial charge is 0.0422 e. The molecule has 0 saturated heterocycles. The highest BCUT2D eigenvalue weighted by molar-refractivity contribution is 5.69. The molecule has 3 rings (SSSR count). The van der Waals surface area contributed by atoms with Crippen LogP contribution in [0.3, 0.4) is 0 Å². The van der Waals surface area contributed by atoms with E-state index in [4.69, 9.17) is 0 Å². The molecule has 1 saturated carbocycles. The molecule has 240 valence electrons. The molecule has 0 spiro atoms. The van der Waals surface area contributed by atoms with Crippen molar-refractivity contribution in [3.8, 4) is 0 Å². The summed E-state index contributed by atoms with van der Waals surface area (Å²) < 4.78 is 0. The molecule has 1 heteroatoms. The summed E-state index contributed by atoms with van der Waals surface area (Å²) in [6.45, 7) is 29.8.